The van der Waals surface area contributed by atoms with Gasteiger partial charge in [0.1, 0.15) is 0 Å². The molecule has 0 fully saturated rings. The number of nitrogens with zero attached hydrogens (tertiary/aromatic N) is 2. The molecule has 8 heavy (non-hydrogen) atoms. The Balaban J connectivity index is 2.16. The summed E-state index contributed by atoms with van der Waals surface area (Å²) in [6.45, 7) is 1.01. The highest BCUT2D eigenvalue weighted by molar-refractivity contribution is 14.1. The van der Waals surface area contributed by atoms with E-state index in [0.29, 0.717) is 0 Å². The van der Waals surface area contributed by atoms with Gasteiger partial charge >= 0.3 is 0 Å². The van der Waals surface area contributed by atoms with Crippen LogP contribution in [0.4, 0.5) is 0 Å². The van der Waals surface area contributed by atoms with E-state index in [4.69, 9.17) is 0 Å². The van der Waals surface area contributed by atoms with Gasteiger partial charge in [-0.3, -0.25) is 0 Å². The highest BCUT2D eigenvalue weighted by atomic mass is 127. The second kappa shape index (κ2) is 3.13. The lowest BCUT2D eigenvalue weighted by molar-refractivity contribution is 0.348. The topological polar surface area (TPSA) is 29.4 Å². The predicted molar refractivity (Wildman–Crippen MR) is 41.2 cm³/mol. The van der Waals surface area contributed by atoms with Gasteiger partial charge < -0.3 is 16.0 Å². The van der Waals surface area contributed by atoms with Crippen molar-refractivity contribution in [3.8, 4) is 0 Å². The molecule has 0 radical (unpaired) electrons. The molecule has 4 heteroatoms. The quantitative estimate of drug-likeness (QED) is 0.560. The van der Waals surface area contributed by atoms with Crippen LogP contribution in [0.1, 0.15) is 0 Å². The monoisotopic (exact) mass is 224 g/mol. The Kier molecular flexibility index (Phi) is 2.41. The summed E-state index contributed by atoms with van der Waals surface area (Å²) in [5, 5.41) is 1.94. The average molecular weight is 224 g/mol. The first-order valence-electron chi connectivity index (χ1n) is 2.38. The van der Waals surface area contributed by atoms with Gasteiger partial charge in [0.25, 0.3) is 0 Å². The predicted octanol–water partition coefficient (Wildman–Crippen LogP) is 1.00. The first-order valence-corrected chi connectivity index (χ1v) is 3.91. The first-order chi connectivity index (χ1) is 3.93. The Morgan fingerprint density at radius 3 is 3.12 bits per heavy atom. The molecule has 1 rings (SSSR count). The molecule has 1 aliphatic rings. The first kappa shape index (κ1) is 6.15. The molecule has 1 heterocycles. The molecule has 3 nitrogen and oxygen atoms in total. The smallest absolute Gasteiger partial charge is 0.0413 e. The van der Waals surface area contributed by atoms with Crippen molar-refractivity contribution >= 4 is 22.6 Å². The number of hydrogen-bond acceptors (Lipinski definition) is 2. The minimum absolute atomic E-state index is 1.01. The molecular formula is C4H7IN3-. The molecule has 0 aromatic rings. The van der Waals surface area contributed by atoms with E-state index in [0.717, 1.165) is 11.0 Å². The molecule has 0 saturated carbocycles. The number of nitrogens with one attached hydrogen (secondary N) is 1. The summed E-state index contributed by atoms with van der Waals surface area (Å²) >= 11 is 2.32. The zero-order valence-corrected chi connectivity index (χ0v) is 6.50. The molecule has 0 aromatic heterocycles. The minimum Gasteiger partial charge on any atom is -0.609 e. The molecule has 0 aliphatic carbocycles. The van der Waals surface area contributed by atoms with Crippen LogP contribution in [0.5, 0.6) is 0 Å². The van der Waals surface area contributed by atoms with E-state index < -0.39 is 0 Å². The van der Waals surface area contributed by atoms with Crippen molar-refractivity contribution in [1.82, 2.24) is 10.5 Å². The number of halogens is 1. The van der Waals surface area contributed by atoms with Gasteiger partial charge in [0.05, 0.1) is 0 Å². The Morgan fingerprint density at radius 1 is 1.75 bits per heavy atom. The summed E-state index contributed by atoms with van der Waals surface area (Å²) in [6, 6.07) is 0. The van der Waals surface area contributed by atoms with E-state index in [1.165, 1.54) is 0 Å². The summed E-state index contributed by atoms with van der Waals surface area (Å²) < 4.78 is 1.12. The summed E-state index contributed by atoms with van der Waals surface area (Å²) in [5.74, 6) is 0. The Labute approximate surface area is 62.2 Å². The largest absolute Gasteiger partial charge is 0.609 e. The number of hydrogen-bond donors (Lipinski definition) is 1. The maximum atomic E-state index is 3.78. The van der Waals surface area contributed by atoms with Crippen molar-refractivity contribution in [1.29, 1.82) is 0 Å². The van der Waals surface area contributed by atoms with Crippen LogP contribution < -0.4 is 5.53 Å². The molecule has 0 unspecified atom stereocenters. The fraction of sp³-hybridized carbons (Fsp3) is 0.500. The van der Waals surface area contributed by atoms with Crippen molar-refractivity contribution in [2.24, 2.45) is 0 Å². The van der Waals surface area contributed by atoms with Crippen LogP contribution in [0.3, 0.4) is 0 Å². The Bertz CT molecular complexity index is 93.3. The van der Waals surface area contributed by atoms with Crippen molar-refractivity contribution in [3.05, 3.63) is 17.8 Å². The molecule has 1 N–H and O–H groups in total. The number of rotatable bonds is 2. The van der Waals surface area contributed by atoms with Gasteiger partial charge in [0.2, 0.25) is 0 Å². The highest BCUT2D eigenvalue weighted by Crippen LogP contribution is 1.99. The van der Waals surface area contributed by atoms with E-state index in [1.54, 1.807) is 6.20 Å². The van der Waals surface area contributed by atoms with Gasteiger partial charge in [0, 0.05) is 11.0 Å². The molecular weight excluding hydrogens is 217 g/mol. The number of alkyl halides is 1. The van der Waals surface area contributed by atoms with Crippen LogP contribution in [0.15, 0.2) is 12.4 Å². The summed E-state index contributed by atoms with van der Waals surface area (Å²) in [7, 11) is 0. The molecule has 0 spiro atoms. The lowest BCUT2D eigenvalue weighted by Gasteiger charge is -2.20. The molecule has 46 valence electrons. The van der Waals surface area contributed by atoms with Gasteiger partial charge in [-0.05, 0) is 6.20 Å². The fourth-order valence-electron chi connectivity index (χ4n) is 0.470. The van der Waals surface area contributed by atoms with Crippen LogP contribution >= 0.6 is 22.6 Å². The SMILES string of the molecule is ICCN1C=C[N-]N1. The third-order valence-corrected chi connectivity index (χ3v) is 1.32. The van der Waals surface area contributed by atoms with Gasteiger partial charge in [-0.2, -0.15) is 0 Å². The lowest BCUT2D eigenvalue weighted by Crippen LogP contribution is -2.26. The second-order valence-corrected chi connectivity index (χ2v) is 2.49. The second-order valence-electron chi connectivity index (χ2n) is 1.41. The van der Waals surface area contributed by atoms with Crippen molar-refractivity contribution < 1.29 is 0 Å². The number of hydrazine groups is 1. The lowest BCUT2D eigenvalue weighted by atomic mass is 10.7. The van der Waals surface area contributed by atoms with Gasteiger partial charge in [-0.25, -0.2) is 0 Å². The van der Waals surface area contributed by atoms with E-state index in [2.05, 4.69) is 33.6 Å². The third kappa shape index (κ3) is 1.52. The third-order valence-electron chi connectivity index (χ3n) is 0.833. The minimum atomic E-state index is 1.01. The fourth-order valence-corrected chi connectivity index (χ4v) is 0.990. The van der Waals surface area contributed by atoms with Gasteiger partial charge in [-0.15, -0.1) is 6.20 Å². The maximum absolute atomic E-state index is 3.78. The molecule has 1 aliphatic heterocycles. The molecule has 0 saturated heterocycles. The average Bonchev–Trinajstić information content (AvgIpc) is 2.19. The van der Waals surface area contributed by atoms with E-state index in [1.807, 2.05) is 11.2 Å². The van der Waals surface area contributed by atoms with Crippen LogP contribution in [-0.2, 0) is 0 Å². The van der Waals surface area contributed by atoms with Crippen LogP contribution in [0.25, 0.3) is 5.43 Å². The van der Waals surface area contributed by atoms with Crippen molar-refractivity contribution in [2.75, 3.05) is 11.0 Å². The molecule has 0 amide bonds. The van der Waals surface area contributed by atoms with Crippen molar-refractivity contribution in [3.63, 3.8) is 0 Å². The van der Waals surface area contributed by atoms with E-state index in [-0.39, 0.29) is 0 Å². The molecule has 0 bridgehead atoms. The summed E-state index contributed by atoms with van der Waals surface area (Å²) in [4.78, 5) is 0. The maximum Gasteiger partial charge on any atom is 0.0413 e. The zero-order valence-electron chi connectivity index (χ0n) is 4.34. The standard InChI is InChI=1S/C4H7IN3/c5-1-3-8-4-2-6-7-8/h2,4,7H,1,3H2/q-1. The molecule has 0 aromatic carbocycles. The zero-order chi connectivity index (χ0) is 5.82. The Hall–Kier alpha value is 0.0300. The van der Waals surface area contributed by atoms with Crippen LogP contribution in [0, 0.1) is 0 Å². The summed E-state index contributed by atoms with van der Waals surface area (Å²) in [6.07, 6.45) is 3.66. The van der Waals surface area contributed by atoms with E-state index in [9.17, 15) is 0 Å². The molecule has 0 atom stereocenters. The van der Waals surface area contributed by atoms with Crippen LogP contribution in [0.2, 0.25) is 0 Å². The van der Waals surface area contributed by atoms with Gasteiger partial charge in [0.15, 0.2) is 0 Å². The summed E-state index contributed by atoms with van der Waals surface area (Å²) in [5.41, 5.74) is 6.58. The van der Waals surface area contributed by atoms with Crippen LogP contribution in [-0.4, -0.2) is 16.0 Å². The van der Waals surface area contributed by atoms with Crippen molar-refractivity contribution in [2.45, 2.75) is 0 Å². The highest BCUT2D eigenvalue weighted by Gasteiger charge is 1.90. The normalized spacial score (nSPS) is 16.9. The Morgan fingerprint density at radius 2 is 2.62 bits per heavy atom. The van der Waals surface area contributed by atoms with E-state index >= 15 is 0 Å². The van der Waals surface area contributed by atoms with Gasteiger partial charge in [-0.1, -0.05) is 22.6 Å².